The number of rotatable bonds is 3. The second-order valence-corrected chi connectivity index (χ2v) is 6.98. The molecule has 21 heavy (non-hydrogen) atoms. The molecule has 0 aromatic rings. The van der Waals surface area contributed by atoms with Gasteiger partial charge in [-0.3, -0.25) is 4.99 Å². The number of aliphatic imine (C=N–C) groups is 1. The first-order chi connectivity index (χ1) is 9.76. The van der Waals surface area contributed by atoms with Gasteiger partial charge in [-0.15, -0.1) is 24.0 Å². The van der Waals surface area contributed by atoms with Crippen LogP contribution in [0.15, 0.2) is 4.99 Å². The van der Waals surface area contributed by atoms with Gasteiger partial charge in [-0.05, 0) is 50.5 Å². The number of nitrogens with zero attached hydrogens (tertiary/aromatic N) is 3. The summed E-state index contributed by atoms with van der Waals surface area (Å²) < 4.78 is 0. The zero-order valence-electron chi connectivity index (χ0n) is 13.6. The Balaban J connectivity index is 0.00000161. The van der Waals surface area contributed by atoms with E-state index in [9.17, 15) is 0 Å². The van der Waals surface area contributed by atoms with E-state index in [1.54, 1.807) is 0 Å². The van der Waals surface area contributed by atoms with Gasteiger partial charge in [-0.25, -0.2) is 0 Å². The molecule has 4 nitrogen and oxygen atoms in total. The summed E-state index contributed by atoms with van der Waals surface area (Å²) in [5.41, 5.74) is 0. The minimum atomic E-state index is 0. The van der Waals surface area contributed by atoms with Gasteiger partial charge in [0.2, 0.25) is 0 Å². The molecule has 1 saturated carbocycles. The van der Waals surface area contributed by atoms with Gasteiger partial charge >= 0.3 is 0 Å². The predicted molar refractivity (Wildman–Crippen MR) is 99.4 cm³/mol. The summed E-state index contributed by atoms with van der Waals surface area (Å²) in [7, 11) is 1.92. The number of hydrogen-bond donors (Lipinski definition) is 1. The fraction of sp³-hybridized carbons (Fsp3) is 0.938. The van der Waals surface area contributed by atoms with Crippen LogP contribution in [-0.4, -0.2) is 61.6 Å². The normalized spacial score (nSPS) is 28.6. The number of piperidine rings is 1. The van der Waals surface area contributed by atoms with Gasteiger partial charge in [0, 0.05) is 39.3 Å². The van der Waals surface area contributed by atoms with E-state index in [2.05, 4.69) is 27.0 Å². The van der Waals surface area contributed by atoms with Crippen LogP contribution in [0.4, 0.5) is 0 Å². The summed E-state index contributed by atoms with van der Waals surface area (Å²) in [6.07, 6.45) is 6.85. The highest BCUT2D eigenvalue weighted by molar-refractivity contribution is 14.0. The van der Waals surface area contributed by atoms with Gasteiger partial charge in [0.15, 0.2) is 5.96 Å². The molecule has 3 fully saturated rings. The standard InChI is InChI=1S/C16H30N4.HI/c1-13-5-8-19(9-6-13)16(17-2)18-11-14-7-10-20(12-14)15-3-4-15;/h13-15H,3-12H2,1-2H3,(H,17,18);1H. The molecule has 0 aromatic carbocycles. The average molecular weight is 406 g/mol. The predicted octanol–water partition coefficient (Wildman–Crippen LogP) is 2.40. The maximum absolute atomic E-state index is 4.48. The highest BCUT2D eigenvalue weighted by atomic mass is 127. The van der Waals surface area contributed by atoms with Crippen LogP contribution in [-0.2, 0) is 0 Å². The van der Waals surface area contributed by atoms with Crippen molar-refractivity contribution in [2.24, 2.45) is 16.8 Å². The lowest BCUT2D eigenvalue weighted by molar-refractivity contribution is 0.271. The van der Waals surface area contributed by atoms with E-state index in [0.717, 1.165) is 30.4 Å². The maximum Gasteiger partial charge on any atom is 0.193 e. The fourth-order valence-electron chi connectivity index (χ4n) is 3.59. The van der Waals surface area contributed by atoms with Gasteiger partial charge in [0.1, 0.15) is 0 Å². The first-order valence-corrected chi connectivity index (χ1v) is 8.46. The smallest absolute Gasteiger partial charge is 0.193 e. The first-order valence-electron chi connectivity index (χ1n) is 8.46. The molecular weight excluding hydrogens is 375 g/mol. The molecule has 1 aliphatic carbocycles. The summed E-state index contributed by atoms with van der Waals surface area (Å²) in [4.78, 5) is 9.61. The molecular formula is C16H31IN4. The average Bonchev–Trinajstić information content (AvgIpc) is 3.21. The molecule has 0 aromatic heterocycles. The monoisotopic (exact) mass is 406 g/mol. The fourth-order valence-corrected chi connectivity index (χ4v) is 3.59. The van der Waals surface area contributed by atoms with Crippen molar-refractivity contribution in [3.05, 3.63) is 0 Å². The van der Waals surface area contributed by atoms with Crippen LogP contribution in [0.3, 0.4) is 0 Å². The van der Waals surface area contributed by atoms with Gasteiger partial charge in [0.05, 0.1) is 0 Å². The van der Waals surface area contributed by atoms with Crippen LogP contribution in [0, 0.1) is 11.8 Å². The van der Waals surface area contributed by atoms with Gasteiger partial charge in [0.25, 0.3) is 0 Å². The largest absolute Gasteiger partial charge is 0.356 e. The molecule has 1 N–H and O–H groups in total. The molecule has 3 aliphatic rings. The molecule has 0 bridgehead atoms. The van der Waals surface area contributed by atoms with E-state index >= 15 is 0 Å². The SMILES string of the molecule is CN=C(NCC1CCN(C2CC2)C1)N1CCC(C)CC1.I. The number of guanidine groups is 1. The van der Waals surface area contributed by atoms with Crippen molar-refractivity contribution < 1.29 is 0 Å². The van der Waals surface area contributed by atoms with Crippen molar-refractivity contribution in [3.63, 3.8) is 0 Å². The van der Waals surface area contributed by atoms with Crippen molar-refractivity contribution in [2.45, 2.75) is 45.1 Å². The minimum Gasteiger partial charge on any atom is -0.356 e. The Labute approximate surface area is 146 Å². The van der Waals surface area contributed by atoms with Gasteiger partial charge < -0.3 is 15.1 Å². The molecule has 2 heterocycles. The Hall–Kier alpha value is -0.0400. The summed E-state index contributed by atoms with van der Waals surface area (Å²) in [6.45, 7) is 8.41. The third-order valence-corrected chi connectivity index (χ3v) is 5.22. The summed E-state index contributed by atoms with van der Waals surface area (Å²) >= 11 is 0. The van der Waals surface area contributed by atoms with Crippen LogP contribution in [0.1, 0.15) is 39.0 Å². The van der Waals surface area contributed by atoms with Gasteiger partial charge in [-0.2, -0.15) is 0 Å². The first kappa shape index (κ1) is 17.3. The molecule has 1 unspecified atom stereocenters. The van der Waals surface area contributed by atoms with Crippen LogP contribution in [0.2, 0.25) is 0 Å². The van der Waals surface area contributed by atoms with Crippen molar-refractivity contribution in [2.75, 3.05) is 39.8 Å². The highest BCUT2D eigenvalue weighted by Gasteiger charge is 2.34. The second kappa shape index (κ2) is 7.99. The summed E-state index contributed by atoms with van der Waals surface area (Å²) in [6, 6.07) is 0.933. The van der Waals surface area contributed by atoms with Gasteiger partial charge in [-0.1, -0.05) is 6.92 Å². The Kier molecular flexibility index (Phi) is 6.59. The lowest BCUT2D eigenvalue weighted by atomic mass is 9.99. The molecule has 2 aliphatic heterocycles. The molecule has 0 spiro atoms. The van der Waals surface area contributed by atoms with E-state index < -0.39 is 0 Å². The van der Waals surface area contributed by atoms with E-state index in [-0.39, 0.29) is 24.0 Å². The number of nitrogens with one attached hydrogen (secondary N) is 1. The zero-order valence-corrected chi connectivity index (χ0v) is 15.9. The van der Waals surface area contributed by atoms with E-state index in [0.29, 0.717) is 0 Å². The van der Waals surface area contributed by atoms with Crippen molar-refractivity contribution in [3.8, 4) is 0 Å². The topological polar surface area (TPSA) is 30.9 Å². The summed E-state index contributed by atoms with van der Waals surface area (Å²) in [5, 5.41) is 3.63. The maximum atomic E-state index is 4.48. The Morgan fingerprint density at radius 3 is 2.43 bits per heavy atom. The van der Waals surface area contributed by atoms with E-state index in [1.165, 1.54) is 58.3 Å². The number of likely N-dealkylation sites (tertiary alicyclic amines) is 2. The molecule has 1 atom stereocenters. The summed E-state index contributed by atoms with van der Waals surface area (Å²) in [5.74, 6) is 2.82. The van der Waals surface area contributed by atoms with Crippen LogP contribution < -0.4 is 5.32 Å². The van der Waals surface area contributed by atoms with E-state index in [1.807, 2.05) is 7.05 Å². The van der Waals surface area contributed by atoms with Crippen molar-refractivity contribution >= 4 is 29.9 Å². The molecule has 2 saturated heterocycles. The lowest BCUT2D eigenvalue weighted by Gasteiger charge is -2.33. The zero-order chi connectivity index (χ0) is 13.9. The van der Waals surface area contributed by atoms with Crippen molar-refractivity contribution in [1.29, 1.82) is 0 Å². The third-order valence-electron chi connectivity index (χ3n) is 5.22. The lowest BCUT2D eigenvalue weighted by Crippen LogP contribution is -2.46. The quantitative estimate of drug-likeness (QED) is 0.444. The minimum absolute atomic E-state index is 0. The molecule has 122 valence electrons. The van der Waals surface area contributed by atoms with Crippen molar-refractivity contribution in [1.82, 2.24) is 15.1 Å². The molecule has 0 amide bonds. The molecule has 3 rings (SSSR count). The Bertz CT molecular complexity index is 348. The molecule has 5 heteroatoms. The number of halogens is 1. The molecule has 0 radical (unpaired) electrons. The highest BCUT2D eigenvalue weighted by Crippen LogP contribution is 2.31. The Morgan fingerprint density at radius 1 is 1.10 bits per heavy atom. The third kappa shape index (κ3) is 4.71. The van der Waals surface area contributed by atoms with Crippen LogP contribution >= 0.6 is 24.0 Å². The second-order valence-electron chi connectivity index (χ2n) is 6.98. The van der Waals surface area contributed by atoms with E-state index in [4.69, 9.17) is 0 Å². The van der Waals surface area contributed by atoms with Crippen LogP contribution in [0.5, 0.6) is 0 Å². The van der Waals surface area contributed by atoms with Crippen LogP contribution in [0.25, 0.3) is 0 Å². The Morgan fingerprint density at radius 2 is 1.81 bits per heavy atom. The number of hydrogen-bond acceptors (Lipinski definition) is 2.